The molecular formula is C25H27ClN4O2S. The number of hydrogen-bond donors (Lipinski definition) is 1. The first-order valence-corrected chi connectivity index (χ1v) is 11.6. The molecule has 1 aromatic carbocycles. The molecule has 3 aromatic rings. The summed E-state index contributed by atoms with van der Waals surface area (Å²) in [6.07, 6.45) is 2.03. The van der Waals surface area contributed by atoms with Crippen LogP contribution in [-0.2, 0) is 9.53 Å². The highest BCUT2D eigenvalue weighted by Crippen LogP contribution is 2.43. The maximum absolute atomic E-state index is 11.9. The van der Waals surface area contributed by atoms with Crippen LogP contribution in [0.3, 0.4) is 0 Å². The van der Waals surface area contributed by atoms with Crippen molar-refractivity contribution in [3.05, 3.63) is 81.9 Å². The van der Waals surface area contributed by atoms with Crippen molar-refractivity contribution in [2.24, 2.45) is 0 Å². The third-order valence-corrected chi connectivity index (χ3v) is 6.94. The molecular weight excluding hydrogens is 456 g/mol. The molecule has 4 rings (SSSR count). The highest BCUT2D eigenvalue weighted by Gasteiger charge is 2.42. The van der Waals surface area contributed by atoms with Crippen molar-refractivity contribution in [1.29, 1.82) is 0 Å². The number of ether oxygens (including phenoxy) is 1. The lowest BCUT2D eigenvalue weighted by Crippen LogP contribution is -2.32. The topological polar surface area (TPSA) is 59.4 Å². The Labute approximate surface area is 204 Å². The van der Waals surface area contributed by atoms with E-state index in [-0.39, 0.29) is 24.5 Å². The first kappa shape index (κ1) is 23.3. The summed E-state index contributed by atoms with van der Waals surface area (Å²) in [4.78, 5) is 18.6. The molecule has 0 aliphatic carbocycles. The lowest BCUT2D eigenvalue weighted by atomic mass is 9.93. The van der Waals surface area contributed by atoms with E-state index in [9.17, 15) is 4.79 Å². The van der Waals surface area contributed by atoms with E-state index in [1.807, 2.05) is 36.4 Å². The number of nitrogens with one attached hydrogen (secondary N) is 1. The number of benzene rings is 1. The molecule has 1 saturated heterocycles. The van der Waals surface area contributed by atoms with Crippen molar-refractivity contribution in [3.8, 4) is 5.69 Å². The van der Waals surface area contributed by atoms with Gasteiger partial charge in [0.25, 0.3) is 0 Å². The Morgan fingerprint density at radius 3 is 2.64 bits per heavy atom. The number of carbonyl (C=O) groups is 1. The summed E-state index contributed by atoms with van der Waals surface area (Å²) in [5.74, 6) is -0.265. The summed E-state index contributed by atoms with van der Waals surface area (Å²) >= 11 is 12.0. The lowest BCUT2D eigenvalue weighted by molar-refractivity contribution is -0.140. The van der Waals surface area contributed by atoms with Crippen molar-refractivity contribution in [3.63, 3.8) is 0 Å². The monoisotopic (exact) mass is 482 g/mol. The van der Waals surface area contributed by atoms with Gasteiger partial charge in [0.15, 0.2) is 5.11 Å². The quantitative estimate of drug-likeness (QED) is 0.394. The van der Waals surface area contributed by atoms with Gasteiger partial charge in [-0.1, -0.05) is 23.7 Å². The van der Waals surface area contributed by atoms with E-state index in [0.29, 0.717) is 16.7 Å². The summed E-state index contributed by atoms with van der Waals surface area (Å²) in [7, 11) is 1.40. The lowest BCUT2D eigenvalue weighted by Gasteiger charge is -2.28. The van der Waals surface area contributed by atoms with Crippen LogP contribution in [0.5, 0.6) is 0 Å². The molecule has 172 valence electrons. The van der Waals surface area contributed by atoms with Gasteiger partial charge in [0.2, 0.25) is 0 Å². The molecule has 1 fully saturated rings. The molecule has 2 atom stereocenters. The molecule has 0 spiro atoms. The molecule has 33 heavy (non-hydrogen) atoms. The van der Waals surface area contributed by atoms with Crippen LogP contribution in [0.1, 0.15) is 46.7 Å². The Hall–Kier alpha value is -2.90. The minimum Gasteiger partial charge on any atom is -0.469 e. The van der Waals surface area contributed by atoms with Gasteiger partial charge in [-0.3, -0.25) is 9.78 Å². The van der Waals surface area contributed by atoms with E-state index in [1.54, 1.807) is 6.20 Å². The molecule has 0 amide bonds. The number of nitrogens with zero attached hydrogens (tertiary/aromatic N) is 3. The van der Waals surface area contributed by atoms with Gasteiger partial charge in [-0.05, 0) is 68.9 Å². The van der Waals surface area contributed by atoms with Crippen molar-refractivity contribution < 1.29 is 9.53 Å². The number of methoxy groups -OCH3 is 1. The number of thiocarbonyl (C=S) groups is 1. The van der Waals surface area contributed by atoms with Crippen LogP contribution >= 0.6 is 23.8 Å². The molecule has 6 nitrogen and oxygen atoms in total. The SMILES string of the molecule is COC(=O)CCN1C(=S)NC(c2ccccn2)C1c1c(C)c(C)n(-c2cccc(Cl)c2)c1C. The molecule has 1 aliphatic rings. The summed E-state index contributed by atoms with van der Waals surface area (Å²) in [5.41, 5.74) is 6.49. The summed E-state index contributed by atoms with van der Waals surface area (Å²) < 4.78 is 7.11. The smallest absolute Gasteiger partial charge is 0.307 e. The maximum atomic E-state index is 11.9. The maximum Gasteiger partial charge on any atom is 0.307 e. The van der Waals surface area contributed by atoms with Crippen LogP contribution < -0.4 is 5.32 Å². The van der Waals surface area contributed by atoms with Gasteiger partial charge in [0.1, 0.15) is 0 Å². The van der Waals surface area contributed by atoms with Crippen LogP contribution in [-0.4, -0.2) is 39.2 Å². The molecule has 1 N–H and O–H groups in total. The van der Waals surface area contributed by atoms with Crippen molar-refractivity contribution in [1.82, 2.24) is 19.8 Å². The normalized spacial score (nSPS) is 17.8. The van der Waals surface area contributed by atoms with Gasteiger partial charge in [0, 0.05) is 40.4 Å². The molecule has 0 bridgehead atoms. The van der Waals surface area contributed by atoms with E-state index < -0.39 is 0 Å². The van der Waals surface area contributed by atoms with Crippen LogP contribution in [0.4, 0.5) is 0 Å². The van der Waals surface area contributed by atoms with Crippen molar-refractivity contribution >= 4 is 34.9 Å². The molecule has 1 aliphatic heterocycles. The molecule has 0 radical (unpaired) electrons. The van der Waals surface area contributed by atoms with Gasteiger partial charge in [0.05, 0.1) is 31.3 Å². The fourth-order valence-corrected chi connectivity index (χ4v) is 5.23. The van der Waals surface area contributed by atoms with E-state index >= 15 is 0 Å². The van der Waals surface area contributed by atoms with E-state index in [1.165, 1.54) is 18.2 Å². The zero-order chi connectivity index (χ0) is 23.7. The highest BCUT2D eigenvalue weighted by molar-refractivity contribution is 7.80. The second kappa shape index (κ2) is 9.53. The number of pyridine rings is 1. The van der Waals surface area contributed by atoms with Crippen molar-refractivity contribution in [2.75, 3.05) is 13.7 Å². The van der Waals surface area contributed by atoms with E-state index in [0.717, 1.165) is 22.8 Å². The van der Waals surface area contributed by atoms with Gasteiger partial charge in [-0.25, -0.2) is 0 Å². The molecule has 3 heterocycles. The number of aromatic nitrogens is 2. The number of halogens is 1. The largest absolute Gasteiger partial charge is 0.469 e. The number of hydrogen-bond acceptors (Lipinski definition) is 4. The van der Waals surface area contributed by atoms with Crippen LogP contribution in [0.2, 0.25) is 5.02 Å². The van der Waals surface area contributed by atoms with Crippen LogP contribution in [0, 0.1) is 20.8 Å². The third-order valence-electron chi connectivity index (χ3n) is 6.35. The second-order valence-electron chi connectivity index (χ2n) is 8.17. The Balaban J connectivity index is 1.85. The zero-order valence-corrected chi connectivity index (χ0v) is 20.7. The third kappa shape index (κ3) is 4.35. The summed E-state index contributed by atoms with van der Waals surface area (Å²) in [6, 6.07) is 13.4. The first-order chi connectivity index (χ1) is 15.8. The fraction of sp³-hybridized carbons (Fsp3) is 0.320. The first-order valence-electron chi connectivity index (χ1n) is 10.8. The molecule has 2 aromatic heterocycles. The predicted octanol–water partition coefficient (Wildman–Crippen LogP) is 4.99. The fourth-order valence-electron chi connectivity index (χ4n) is 4.72. The average molecular weight is 483 g/mol. The second-order valence-corrected chi connectivity index (χ2v) is 8.99. The van der Waals surface area contributed by atoms with Gasteiger partial charge in [-0.2, -0.15) is 0 Å². The highest BCUT2D eigenvalue weighted by atomic mass is 35.5. The predicted molar refractivity (Wildman–Crippen MR) is 134 cm³/mol. The Morgan fingerprint density at radius 1 is 1.18 bits per heavy atom. The number of rotatable bonds is 6. The van der Waals surface area contributed by atoms with E-state index in [2.05, 4.69) is 46.6 Å². The standard InChI is InChI=1S/C25H27ClN4O2S/c1-15-16(2)30(19-9-7-8-18(26)14-19)17(3)22(15)24-23(20-10-5-6-12-27-20)28-25(33)29(24)13-11-21(31)32-4/h5-10,12,14,23-24H,11,13H2,1-4H3,(H,28,33). The summed E-state index contributed by atoms with van der Waals surface area (Å²) in [6.45, 7) is 6.81. The minimum absolute atomic E-state index is 0.129. The van der Waals surface area contributed by atoms with Crippen molar-refractivity contribution in [2.45, 2.75) is 39.3 Å². The summed E-state index contributed by atoms with van der Waals surface area (Å²) in [5, 5.41) is 4.75. The minimum atomic E-state index is -0.265. The van der Waals surface area contributed by atoms with E-state index in [4.69, 9.17) is 28.6 Å². The van der Waals surface area contributed by atoms with Gasteiger partial charge in [-0.15, -0.1) is 0 Å². The molecule has 2 unspecified atom stereocenters. The average Bonchev–Trinajstić information content (AvgIpc) is 3.24. The van der Waals surface area contributed by atoms with Gasteiger partial charge >= 0.3 is 5.97 Å². The van der Waals surface area contributed by atoms with Crippen LogP contribution in [0.25, 0.3) is 5.69 Å². The Bertz CT molecular complexity index is 1190. The number of carbonyl (C=O) groups excluding carboxylic acids is 1. The molecule has 8 heteroatoms. The Morgan fingerprint density at radius 2 is 1.97 bits per heavy atom. The zero-order valence-electron chi connectivity index (χ0n) is 19.1. The number of esters is 1. The molecule has 0 saturated carbocycles. The van der Waals surface area contributed by atoms with Gasteiger partial charge < -0.3 is 19.5 Å². The Kier molecular flexibility index (Phi) is 6.72. The van der Waals surface area contributed by atoms with Crippen LogP contribution in [0.15, 0.2) is 48.7 Å².